The van der Waals surface area contributed by atoms with E-state index in [1.807, 2.05) is 35.7 Å². The summed E-state index contributed by atoms with van der Waals surface area (Å²) in [6.45, 7) is 0.477. The first-order chi connectivity index (χ1) is 8.70. The van der Waals surface area contributed by atoms with E-state index in [1.165, 1.54) is 0 Å². The summed E-state index contributed by atoms with van der Waals surface area (Å²) in [5, 5.41) is 15.1. The second-order valence-electron chi connectivity index (χ2n) is 3.76. The van der Waals surface area contributed by atoms with Crippen molar-refractivity contribution < 1.29 is 9.84 Å². The summed E-state index contributed by atoms with van der Waals surface area (Å²) < 4.78 is 6.13. The molecule has 0 spiro atoms. The van der Waals surface area contributed by atoms with Crippen LogP contribution in [-0.2, 0) is 0 Å². The number of halogens is 1. The third-order valence-corrected chi connectivity index (χ3v) is 4.15. The maximum atomic E-state index is 9.96. The number of aliphatic hydroxyl groups excluding tert-OH is 1. The first-order valence-electron chi connectivity index (χ1n) is 5.49. The van der Waals surface area contributed by atoms with E-state index in [0.717, 1.165) is 20.8 Å². The number of hydrogen-bond donors (Lipinski definition) is 2. The van der Waals surface area contributed by atoms with Gasteiger partial charge in [0.15, 0.2) is 0 Å². The Kier molecular flexibility index (Phi) is 4.63. The van der Waals surface area contributed by atoms with E-state index >= 15 is 0 Å². The molecule has 3 nitrogen and oxygen atoms in total. The topological polar surface area (TPSA) is 41.5 Å². The average molecular weight is 328 g/mol. The highest BCUT2D eigenvalue weighted by atomic mass is 79.9. The molecule has 96 valence electrons. The monoisotopic (exact) mass is 327 g/mol. The SMILES string of the molecule is COc1cc(NCC(O)c2cccs2)ccc1Br. The molecule has 0 aliphatic rings. The van der Waals surface area contributed by atoms with Gasteiger partial charge < -0.3 is 15.2 Å². The van der Waals surface area contributed by atoms with Crippen molar-refractivity contribution in [3.63, 3.8) is 0 Å². The fourth-order valence-electron chi connectivity index (χ4n) is 1.57. The largest absolute Gasteiger partial charge is 0.495 e. The molecule has 0 aliphatic carbocycles. The van der Waals surface area contributed by atoms with Gasteiger partial charge in [-0.25, -0.2) is 0 Å². The number of aliphatic hydroxyl groups is 1. The van der Waals surface area contributed by atoms with Gasteiger partial charge in [0.2, 0.25) is 0 Å². The van der Waals surface area contributed by atoms with Gasteiger partial charge in [-0.2, -0.15) is 0 Å². The number of methoxy groups -OCH3 is 1. The van der Waals surface area contributed by atoms with Gasteiger partial charge in [0, 0.05) is 23.2 Å². The van der Waals surface area contributed by atoms with Crippen LogP contribution in [0, 0.1) is 0 Å². The lowest BCUT2D eigenvalue weighted by Crippen LogP contribution is -2.10. The Labute approximate surface area is 119 Å². The van der Waals surface area contributed by atoms with Gasteiger partial charge in [0.25, 0.3) is 0 Å². The molecular weight excluding hydrogens is 314 g/mol. The smallest absolute Gasteiger partial charge is 0.135 e. The predicted octanol–water partition coefficient (Wildman–Crippen LogP) is 3.66. The van der Waals surface area contributed by atoms with Gasteiger partial charge in [-0.05, 0) is 39.5 Å². The summed E-state index contributed by atoms with van der Waals surface area (Å²) >= 11 is 4.96. The van der Waals surface area contributed by atoms with E-state index in [-0.39, 0.29) is 0 Å². The molecule has 0 amide bonds. The van der Waals surface area contributed by atoms with Crippen LogP contribution in [0.5, 0.6) is 5.75 Å². The van der Waals surface area contributed by atoms with E-state index in [4.69, 9.17) is 4.74 Å². The molecule has 2 rings (SSSR count). The van der Waals surface area contributed by atoms with Crippen LogP contribution >= 0.6 is 27.3 Å². The zero-order valence-corrected chi connectivity index (χ0v) is 12.3. The van der Waals surface area contributed by atoms with Crippen LogP contribution in [0.3, 0.4) is 0 Å². The number of hydrogen-bond acceptors (Lipinski definition) is 4. The normalized spacial score (nSPS) is 12.2. The third kappa shape index (κ3) is 3.25. The fourth-order valence-corrected chi connectivity index (χ4v) is 2.69. The molecule has 0 fully saturated rings. The minimum absolute atomic E-state index is 0.477. The van der Waals surface area contributed by atoms with E-state index in [0.29, 0.717) is 6.54 Å². The molecule has 0 saturated heterocycles. The molecule has 0 bridgehead atoms. The molecule has 0 aliphatic heterocycles. The lowest BCUT2D eigenvalue weighted by atomic mass is 10.2. The molecular formula is C13H14BrNO2S. The van der Waals surface area contributed by atoms with Gasteiger partial charge >= 0.3 is 0 Å². The lowest BCUT2D eigenvalue weighted by molar-refractivity contribution is 0.195. The summed E-state index contributed by atoms with van der Waals surface area (Å²) in [5.74, 6) is 0.769. The number of nitrogens with one attached hydrogen (secondary N) is 1. The minimum atomic E-state index is -0.486. The fraction of sp³-hybridized carbons (Fsp3) is 0.231. The standard InChI is InChI=1S/C13H14BrNO2S/c1-17-12-7-9(4-5-10(12)14)15-8-11(16)13-3-2-6-18-13/h2-7,11,15-16H,8H2,1H3. The van der Waals surface area contributed by atoms with Crippen LogP contribution in [0.2, 0.25) is 0 Å². The Morgan fingerprint density at radius 1 is 1.44 bits per heavy atom. The number of anilines is 1. The average Bonchev–Trinajstić information content (AvgIpc) is 2.91. The molecule has 1 aromatic heterocycles. The van der Waals surface area contributed by atoms with E-state index in [9.17, 15) is 5.11 Å². The Bertz CT molecular complexity index is 502. The van der Waals surface area contributed by atoms with Gasteiger partial charge in [-0.1, -0.05) is 6.07 Å². The van der Waals surface area contributed by atoms with Crippen LogP contribution in [0.4, 0.5) is 5.69 Å². The zero-order valence-electron chi connectivity index (χ0n) is 9.89. The minimum Gasteiger partial charge on any atom is -0.495 e. The highest BCUT2D eigenvalue weighted by molar-refractivity contribution is 9.10. The first kappa shape index (κ1) is 13.4. The molecule has 18 heavy (non-hydrogen) atoms. The van der Waals surface area contributed by atoms with E-state index < -0.39 is 6.10 Å². The van der Waals surface area contributed by atoms with Crippen molar-refractivity contribution in [2.45, 2.75) is 6.10 Å². The van der Waals surface area contributed by atoms with Crippen molar-refractivity contribution in [3.8, 4) is 5.75 Å². The van der Waals surface area contributed by atoms with Crippen molar-refractivity contribution in [1.82, 2.24) is 0 Å². The summed E-state index contributed by atoms with van der Waals surface area (Å²) in [5.41, 5.74) is 0.922. The quantitative estimate of drug-likeness (QED) is 0.880. The molecule has 0 saturated carbocycles. The lowest BCUT2D eigenvalue weighted by Gasteiger charge is -2.12. The van der Waals surface area contributed by atoms with Crippen molar-refractivity contribution in [3.05, 3.63) is 45.1 Å². The maximum Gasteiger partial charge on any atom is 0.135 e. The third-order valence-electron chi connectivity index (χ3n) is 2.52. The molecule has 5 heteroatoms. The van der Waals surface area contributed by atoms with Crippen LogP contribution in [-0.4, -0.2) is 18.8 Å². The Hall–Kier alpha value is -1.04. The van der Waals surface area contributed by atoms with E-state index in [2.05, 4.69) is 21.2 Å². The Balaban J connectivity index is 1.98. The van der Waals surface area contributed by atoms with Gasteiger partial charge in [0.1, 0.15) is 11.9 Å². The van der Waals surface area contributed by atoms with Gasteiger partial charge in [-0.15, -0.1) is 11.3 Å². The van der Waals surface area contributed by atoms with Crippen LogP contribution < -0.4 is 10.1 Å². The molecule has 0 radical (unpaired) electrons. The summed E-state index contributed by atoms with van der Waals surface area (Å²) in [7, 11) is 1.63. The molecule has 2 N–H and O–H groups in total. The Morgan fingerprint density at radius 3 is 2.94 bits per heavy atom. The highest BCUT2D eigenvalue weighted by Crippen LogP contribution is 2.28. The van der Waals surface area contributed by atoms with Crippen LogP contribution in [0.25, 0.3) is 0 Å². The molecule has 1 heterocycles. The predicted molar refractivity (Wildman–Crippen MR) is 78.5 cm³/mol. The van der Waals surface area contributed by atoms with Crippen molar-refractivity contribution in [2.75, 3.05) is 19.0 Å². The molecule has 2 aromatic rings. The number of ether oxygens (including phenoxy) is 1. The van der Waals surface area contributed by atoms with Gasteiger partial charge in [0.05, 0.1) is 11.6 Å². The number of rotatable bonds is 5. The maximum absolute atomic E-state index is 9.96. The molecule has 1 atom stereocenters. The Morgan fingerprint density at radius 2 is 2.28 bits per heavy atom. The van der Waals surface area contributed by atoms with E-state index in [1.54, 1.807) is 18.4 Å². The van der Waals surface area contributed by atoms with Crippen LogP contribution in [0.15, 0.2) is 40.2 Å². The molecule has 1 aromatic carbocycles. The van der Waals surface area contributed by atoms with Crippen molar-refractivity contribution >= 4 is 33.0 Å². The van der Waals surface area contributed by atoms with Crippen molar-refractivity contribution in [2.24, 2.45) is 0 Å². The number of benzene rings is 1. The zero-order chi connectivity index (χ0) is 13.0. The van der Waals surface area contributed by atoms with Gasteiger partial charge in [-0.3, -0.25) is 0 Å². The van der Waals surface area contributed by atoms with Crippen molar-refractivity contribution in [1.29, 1.82) is 0 Å². The highest BCUT2D eigenvalue weighted by Gasteiger charge is 2.08. The first-order valence-corrected chi connectivity index (χ1v) is 7.17. The summed E-state index contributed by atoms with van der Waals surface area (Å²) in [6, 6.07) is 9.61. The summed E-state index contributed by atoms with van der Waals surface area (Å²) in [4.78, 5) is 0.964. The number of thiophene rings is 1. The second-order valence-corrected chi connectivity index (χ2v) is 5.60. The summed E-state index contributed by atoms with van der Waals surface area (Å²) in [6.07, 6.45) is -0.486. The molecule has 1 unspecified atom stereocenters. The van der Waals surface area contributed by atoms with Crippen LogP contribution in [0.1, 0.15) is 11.0 Å². The second kappa shape index (κ2) is 6.22.